The summed E-state index contributed by atoms with van der Waals surface area (Å²) in [5.74, 6) is 1.66. The van der Waals surface area contributed by atoms with Crippen molar-refractivity contribution in [2.45, 2.75) is 70.5 Å². The summed E-state index contributed by atoms with van der Waals surface area (Å²) < 4.78 is 0. The third-order valence-corrected chi connectivity index (χ3v) is 6.19. The first kappa shape index (κ1) is 14.8. The van der Waals surface area contributed by atoms with Crippen LogP contribution in [0.15, 0.2) is 0 Å². The minimum Gasteiger partial charge on any atom is -0.329 e. The van der Waals surface area contributed by atoms with E-state index in [1.807, 2.05) is 0 Å². The van der Waals surface area contributed by atoms with Gasteiger partial charge in [0.05, 0.1) is 0 Å². The Bertz CT molecular complexity index is 333. The maximum absolute atomic E-state index is 6.34. The summed E-state index contributed by atoms with van der Waals surface area (Å²) in [4.78, 5) is 5.55. The Morgan fingerprint density at radius 2 is 1.80 bits per heavy atom. The molecule has 3 rings (SSSR count). The second-order valence-corrected chi connectivity index (χ2v) is 8.08. The highest BCUT2D eigenvalue weighted by Gasteiger charge is 2.47. The highest BCUT2D eigenvalue weighted by molar-refractivity contribution is 5.03. The lowest BCUT2D eigenvalue weighted by Crippen LogP contribution is -2.67. The van der Waals surface area contributed by atoms with Crippen LogP contribution in [0, 0.1) is 11.8 Å². The van der Waals surface area contributed by atoms with Gasteiger partial charge in [-0.15, -0.1) is 0 Å². The molecule has 0 aromatic heterocycles. The molecule has 0 aromatic carbocycles. The first-order valence-electron chi connectivity index (χ1n) is 8.75. The minimum absolute atomic E-state index is 0.283. The zero-order valence-corrected chi connectivity index (χ0v) is 13.6. The van der Waals surface area contributed by atoms with Crippen LogP contribution >= 0.6 is 0 Å². The van der Waals surface area contributed by atoms with Crippen molar-refractivity contribution in [2.24, 2.45) is 17.6 Å². The molecule has 3 aliphatic rings. The van der Waals surface area contributed by atoms with Gasteiger partial charge in [0.15, 0.2) is 0 Å². The highest BCUT2D eigenvalue weighted by atomic mass is 15.3. The molecule has 0 bridgehead atoms. The maximum atomic E-state index is 6.34. The Kier molecular flexibility index (Phi) is 4.13. The van der Waals surface area contributed by atoms with E-state index in [1.165, 1.54) is 51.7 Å². The number of nitrogens with two attached hydrogens (primary N) is 1. The number of hydrogen-bond donors (Lipinski definition) is 1. The summed E-state index contributed by atoms with van der Waals surface area (Å²) in [6.45, 7) is 12.0. The van der Waals surface area contributed by atoms with Crippen molar-refractivity contribution in [3.8, 4) is 0 Å². The second kappa shape index (κ2) is 5.58. The van der Waals surface area contributed by atoms with Crippen LogP contribution in [0.4, 0.5) is 0 Å². The van der Waals surface area contributed by atoms with Gasteiger partial charge in [0.25, 0.3) is 0 Å². The molecule has 4 atom stereocenters. The SMILES string of the molecule is CC1CC(C)CC(CN)(N2CC3CCCN3CC2C)C1. The molecule has 2 saturated heterocycles. The Morgan fingerprint density at radius 1 is 1.10 bits per heavy atom. The summed E-state index contributed by atoms with van der Waals surface area (Å²) in [5, 5.41) is 0. The fourth-order valence-electron chi connectivity index (χ4n) is 5.60. The molecule has 3 fully saturated rings. The molecule has 0 spiro atoms. The summed E-state index contributed by atoms with van der Waals surface area (Å²) in [7, 11) is 0. The Balaban J connectivity index is 1.80. The number of nitrogens with zero attached hydrogens (tertiary/aromatic N) is 2. The van der Waals surface area contributed by atoms with E-state index < -0.39 is 0 Å². The predicted octanol–water partition coefficient (Wildman–Crippen LogP) is 2.31. The summed E-state index contributed by atoms with van der Waals surface area (Å²) in [5.41, 5.74) is 6.62. The largest absolute Gasteiger partial charge is 0.329 e. The van der Waals surface area contributed by atoms with Crippen LogP contribution < -0.4 is 5.73 Å². The van der Waals surface area contributed by atoms with E-state index >= 15 is 0 Å². The van der Waals surface area contributed by atoms with E-state index in [1.54, 1.807) is 0 Å². The average Bonchev–Trinajstić information content (AvgIpc) is 2.83. The molecule has 2 heterocycles. The van der Waals surface area contributed by atoms with Crippen LogP contribution in [0.3, 0.4) is 0 Å². The molecule has 2 aliphatic heterocycles. The van der Waals surface area contributed by atoms with Crippen molar-refractivity contribution >= 4 is 0 Å². The summed E-state index contributed by atoms with van der Waals surface area (Å²) in [6, 6.07) is 1.48. The van der Waals surface area contributed by atoms with E-state index in [-0.39, 0.29) is 5.54 Å². The lowest BCUT2D eigenvalue weighted by Gasteiger charge is -2.56. The van der Waals surface area contributed by atoms with Crippen molar-refractivity contribution in [3.05, 3.63) is 0 Å². The molecule has 20 heavy (non-hydrogen) atoms. The van der Waals surface area contributed by atoms with Gasteiger partial charge >= 0.3 is 0 Å². The molecule has 116 valence electrons. The van der Waals surface area contributed by atoms with Crippen molar-refractivity contribution in [2.75, 3.05) is 26.2 Å². The van der Waals surface area contributed by atoms with E-state index in [2.05, 4.69) is 30.6 Å². The topological polar surface area (TPSA) is 32.5 Å². The molecular weight excluding hydrogens is 246 g/mol. The monoisotopic (exact) mass is 279 g/mol. The van der Waals surface area contributed by atoms with Crippen LogP contribution in [0.1, 0.15) is 52.9 Å². The molecule has 1 aliphatic carbocycles. The van der Waals surface area contributed by atoms with E-state index in [0.717, 1.165) is 24.4 Å². The number of rotatable bonds is 2. The zero-order valence-electron chi connectivity index (χ0n) is 13.6. The van der Waals surface area contributed by atoms with Gasteiger partial charge in [-0.2, -0.15) is 0 Å². The molecule has 0 amide bonds. The van der Waals surface area contributed by atoms with E-state index in [0.29, 0.717) is 6.04 Å². The lowest BCUT2D eigenvalue weighted by molar-refractivity contribution is -0.0554. The smallest absolute Gasteiger partial charge is 0.0340 e. The summed E-state index contributed by atoms with van der Waals surface area (Å²) >= 11 is 0. The Hall–Kier alpha value is -0.120. The number of fused-ring (bicyclic) bond motifs is 1. The van der Waals surface area contributed by atoms with Crippen LogP contribution in [0.25, 0.3) is 0 Å². The molecule has 3 nitrogen and oxygen atoms in total. The Labute approximate surface area is 124 Å². The van der Waals surface area contributed by atoms with Gasteiger partial charge < -0.3 is 5.73 Å². The Morgan fingerprint density at radius 3 is 2.45 bits per heavy atom. The first-order chi connectivity index (χ1) is 9.54. The molecule has 3 heteroatoms. The van der Waals surface area contributed by atoms with Gasteiger partial charge in [-0.3, -0.25) is 9.80 Å². The number of hydrogen-bond acceptors (Lipinski definition) is 3. The third-order valence-electron chi connectivity index (χ3n) is 6.19. The third kappa shape index (κ3) is 2.53. The summed E-state index contributed by atoms with van der Waals surface area (Å²) in [6.07, 6.45) is 6.80. The van der Waals surface area contributed by atoms with Crippen molar-refractivity contribution < 1.29 is 0 Å². The first-order valence-corrected chi connectivity index (χ1v) is 8.75. The second-order valence-electron chi connectivity index (χ2n) is 8.08. The van der Waals surface area contributed by atoms with Gasteiger partial charge in [0.2, 0.25) is 0 Å². The fraction of sp³-hybridized carbons (Fsp3) is 1.00. The highest BCUT2D eigenvalue weighted by Crippen LogP contribution is 2.42. The van der Waals surface area contributed by atoms with Gasteiger partial charge in [0.1, 0.15) is 0 Å². The minimum atomic E-state index is 0.283. The van der Waals surface area contributed by atoms with Gasteiger partial charge in [0, 0.05) is 37.3 Å². The van der Waals surface area contributed by atoms with Crippen LogP contribution in [-0.4, -0.2) is 53.6 Å². The molecule has 0 radical (unpaired) electrons. The average molecular weight is 279 g/mol. The van der Waals surface area contributed by atoms with Gasteiger partial charge in [-0.25, -0.2) is 0 Å². The molecular formula is C17H33N3. The normalized spacial score (nSPS) is 47.4. The number of piperazine rings is 1. The molecule has 4 unspecified atom stereocenters. The van der Waals surface area contributed by atoms with Crippen molar-refractivity contribution in [1.29, 1.82) is 0 Å². The predicted molar refractivity (Wildman–Crippen MR) is 84.7 cm³/mol. The van der Waals surface area contributed by atoms with Crippen LogP contribution in [0.5, 0.6) is 0 Å². The van der Waals surface area contributed by atoms with Crippen molar-refractivity contribution in [1.82, 2.24) is 9.80 Å². The molecule has 2 N–H and O–H groups in total. The molecule has 0 aromatic rings. The van der Waals surface area contributed by atoms with Crippen molar-refractivity contribution in [3.63, 3.8) is 0 Å². The van der Waals surface area contributed by atoms with Gasteiger partial charge in [-0.1, -0.05) is 13.8 Å². The maximum Gasteiger partial charge on any atom is 0.0340 e. The van der Waals surface area contributed by atoms with E-state index in [9.17, 15) is 0 Å². The molecule has 1 saturated carbocycles. The fourth-order valence-corrected chi connectivity index (χ4v) is 5.60. The van der Waals surface area contributed by atoms with Crippen LogP contribution in [0.2, 0.25) is 0 Å². The zero-order chi connectivity index (χ0) is 14.3. The van der Waals surface area contributed by atoms with Gasteiger partial charge in [-0.05, 0) is 57.4 Å². The van der Waals surface area contributed by atoms with Crippen LogP contribution in [-0.2, 0) is 0 Å². The van der Waals surface area contributed by atoms with E-state index in [4.69, 9.17) is 5.73 Å². The standard InChI is InChI=1S/C17H33N3/c1-13-7-14(2)9-17(8-13,12-18)20-11-16-5-4-6-19(16)10-15(20)3/h13-16H,4-12,18H2,1-3H3. The lowest BCUT2D eigenvalue weighted by atomic mass is 9.70. The quantitative estimate of drug-likeness (QED) is 0.842.